The molecule has 3 heterocycles. The molecule has 2 aromatic rings. The highest BCUT2D eigenvalue weighted by Crippen LogP contribution is 2.25. The van der Waals surface area contributed by atoms with Crippen molar-refractivity contribution in [3.8, 4) is 0 Å². The van der Waals surface area contributed by atoms with Crippen LogP contribution in [0.25, 0.3) is 11.2 Å². The van der Waals surface area contributed by atoms with Gasteiger partial charge in [-0.2, -0.15) is 9.97 Å². The van der Waals surface area contributed by atoms with Crippen molar-refractivity contribution in [3.05, 3.63) is 11.6 Å². The van der Waals surface area contributed by atoms with Gasteiger partial charge in [0.1, 0.15) is 6.10 Å². The SMILES string of the molecule is CNc1nc(Cl)nc2c1ncn2C[C@H]1COC(C)(C)O1. The maximum Gasteiger partial charge on any atom is 0.226 e. The number of hydrogen-bond donors (Lipinski definition) is 1. The molecule has 20 heavy (non-hydrogen) atoms. The van der Waals surface area contributed by atoms with E-state index in [0.29, 0.717) is 30.1 Å². The van der Waals surface area contributed by atoms with E-state index in [9.17, 15) is 0 Å². The topological polar surface area (TPSA) is 74.1 Å². The average Bonchev–Trinajstić information content (AvgIpc) is 2.93. The fourth-order valence-electron chi connectivity index (χ4n) is 2.30. The van der Waals surface area contributed by atoms with E-state index in [1.165, 1.54) is 0 Å². The van der Waals surface area contributed by atoms with Gasteiger partial charge in [-0.1, -0.05) is 0 Å². The second-order valence-electron chi connectivity index (χ2n) is 5.11. The summed E-state index contributed by atoms with van der Waals surface area (Å²) in [5, 5.41) is 3.15. The second kappa shape index (κ2) is 4.83. The lowest BCUT2D eigenvalue weighted by atomic mass is 10.3. The first-order chi connectivity index (χ1) is 9.48. The van der Waals surface area contributed by atoms with Gasteiger partial charge in [-0.15, -0.1) is 0 Å². The zero-order chi connectivity index (χ0) is 14.3. The quantitative estimate of drug-likeness (QED) is 0.869. The minimum atomic E-state index is -0.538. The van der Waals surface area contributed by atoms with E-state index in [2.05, 4.69) is 20.3 Å². The molecule has 1 saturated heterocycles. The number of ether oxygens (including phenoxy) is 2. The number of nitrogens with one attached hydrogen (secondary N) is 1. The summed E-state index contributed by atoms with van der Waals surface area (Å²) >= 11 is 5.93. The third kappa shape index (κ3) is 2.44. The van der Waals surface area contributed by atoms with Crippen LogP contribution in [0.3, 0.4) is 0 Å². The van der Waals surface area contributed by atoms with Crippen molar-refractivity contribution in [2.45, 2.75) is 32.3 Å². The Morgan fingerprint density at radius 2 is 2.30 bits per heavy atom. The molecular weight excluding hydrogens is 282 g/mol. The van der Waals surface area contributed by atoms with E-state index >= 15 is 0 Å². The summed E-state index contributed by atoms with van der Waals surface area (Å²) in [7, 11) is 1.77. The Balaban J connectivity index is 1.91. The van der Waals surface area contributed by atoms with Crippen molar-refractivity contribution in [1.29, 1.82) is 0 Å². The minimum Gasteiger partial charge on any atom is -0.371 e. The lowest BCUT2D eigenvalue weighted by Gasteiger charge is -2.17. The lowest BCUT2D eigenvalue weighted by Crippen LogP contribution is -2.24. The van der Waals surface area contributed by atoms with Crippen molar-refractivity contribution >= 4 is 28.6 Å². The van der Waals surface area contributed by atoms with Crippen LogP contribution in [0.4, 0.5) is 5.82 Å². The van der Waals surface area contributed by atoms with Crippen LogP contribution in [0, 0.1) is 0 Å². The summed E-state index contributed by atoms with van der Waals surface area (Å²) in [6.45, 7) is 4.95. The molecule has 0 amide bonds. The molecule has 0 aliphatic carbocycles. The van der Waals surface area contributed by atoms with Crippen molar-refractivity contribution in [1.82, 2.24) is 19.5 Å². The summed E-state index contributed by atoms with van der Waals surface area (Å²) in [6, 6.07) is 0. The summed E-state index contributed by atoms with van der Waals surface area (Å²) in [5.41, 5.74) is 1.37. The maximum absolute atomic E-state index is 5.93. The summed E-state index contributed by atoms with van der Waals surface area (Å²) in [6.07, 6.45) is 1.68. The highest BCUT2D eigenvalue weighted by atomic mass is 35.5. The van der Waals surface area contributed by atoms with Gasteiger partial charge in [-0.25, -0.2) is 4.98 Å². The van der Waals surface area contributed by atoms with Crippen LogP contribution in [-0.2, 0) is 16.0 Å². The van der Waals surface area contributed by atoms with Crippen molar-refractivity contribution in [2.75, 3.05) is 19.0 Å². The fraction of sp³-hybridized carbons (Fsp3) is 0.583. The molecule has 7 nitrogen and oxygen atoms in total. The number of rotatable bonds is 3. The fourth-order valence-corrected chi connectivity index (χ4v) is 2.46. The molecule has 1 aliphatic heterocycles. The molecule has 1 fully saturated rings. The second-order valence-corrected chi connectivity index (χ2v) is 5.45. The Morgan fingerprint density at radius 1 is 1.50 bits per heavy atom. The molecule has 0 aromatic carbocycles. The molecule has 1 atom stereocenters. The maximum atomic E-state index is 5.93. The van der Waals surface area contributed by atoms with Crippen LogP contribution >= 0.6 is 11.6 Å². The largest absolute Gasteiger partial charge is 0.371 e. The third-order valence-corrected chi connectivity index (χ3v) is 3.31. The highest BCUT2D eigenvalue weighted by molar-refractivity contribution is 6.28. The minimum absolute atomic E-state index is 0.0332. The predicted octanol–water partition coefficient (Wildman–Crippen LogP) is 1.67. The molecule has 0 spiro atoms. The molecule has 0 unspecified atom stereocenters. The van der Waals surface area contributed by atoms with E-state index in [-0.39, 0.29) is 11.4 Å². The molecule has 0 radical (unpaired) electrons. The molecule has 2 aromatic heterocycles. The van der Waals surface area contributed by atoms with Crippen LogP contribution in [0.5, 0.6) is 0 Å². The number of nitrogens with zero attached hydrogens (tertiary/aromatic N) is 4. The summed E-state index contributed by atoms with van der Waals surface area (Å²) in [4.78, 5) is 12.7. The summed E-state index contributed by atoms with van der Waals surface area (Å²) < 4.78 is 13.3. The molecule has 108 valence electrons. The monoisotopic (exact) mass is 297 g/mol. The van der Waals surface area contributed by atoms with Crippen molar-refractivity contribution in [2.24, 2.45) is 0 Å². The Morgan fingerprint density at radius 3 is 2.95 bits per heavy atom. The average molecular weight is 298 g/mol. The first-order valence-electron chi connectivity index (χ1n) is 6.36. The van der Waals surface area contributed by atoms with Crippen molar-refractivity contribution in [3.63, 3.8) is 0 Å². The first-order valence-corrected chi connectivity index (χ1v) is 6.74. The normalized spacial score (nSPS) is 21.5. The third-order valence-electron chi connectivity index (χ3n) is 3.14. The van der Waals surface area contributed by atoms with Crippen LogP contribution in [0.2, 0.25) is 5.28 Å². The Labute approximate surface area is 121 Å². The standard InChI is InChI=1S/C12H16ClN5O2/c1-12(2)19-5-7(20-12)4-18-6-15-8-9(14-3)16-11(13)17-10(8)18/h6-7H,4-5H2,1-3H3,(H,14,16,17)/t7-/m0/s1. The number of halogens is 1. The van der Waals surface area contributed by atoms with Gasteiger partial charge in [0.15, 0.2) is 22.8 Å². The predicted molar refractivity (Wildman–Crippen MR) is 74.8 cm³/mol. The van der Waals surface area contributed by atoms with E-state index in [4.69, 9.17) is 21.1 Å². The van der Waals surface area contributed by atoms with E-state index in [1.807, 2.05) is 18.4 Å². The first kappa shape index (κ1) is 13.5. The Bertz CT molecular complexity index is 642. The Kier molecular flexibility index (Phi) is 3.27. The van der Waals surface area contributed by atoms with E-state index in [1.54, 1.807) is 13.4 Å². The zero-order valence-corrected chi connectivity index (χ0v) is 12.3. The number of hydrogen-bond acceptors (Lipinski definition) is 6. The van der Waals surface area contributed by atoms with Crippen molar-refractivity contribution < 1.29 is 9.47 Å². The van der Waals surface area contributed by atoms with Gasteiger partial charge in [0.2, 0.25) is 5.28 Å². The number of aromatic nitrogens is 4. The zero-order valence-electron chi connectivity index (χ0n) is 11.6. The van der Waals surface area contributed by atoms with Gasteiger partial charge < -0.3 is 19.4 Å². The number of imidazole rings is 1. The molecule has 3 rings (SSSR count). The van der Waals surface area contributed by atoms with Gasteiger partial charge in [0.05, 0.1) is 19.5 Å². The van der Waals surface area contributed by atoms with Crippen LogP contribution < -0.4 is 5.32 Å². The van der Waals surface area contributed by atoms with Gasteiger partial charge >= 0.3 is 0 Å². The van der Waals surface area contributed by atoms with Crippen LogP contribution in [0.15, 0.2) is 6.33 Å². The van der Waals surface area contributed by atoms with Gasteiger partial charge in [0, 0.05) is 7.05 Å². The van der Waals surface area contributed by atoms with Gasteiger partial charge in [-0.3, -0.25) is 0 Å². The van der Waals surface area contributed by atoms with Crippen LogP contribution in [-0.4, -0.2) is 45.1 Å². The number of anilines is 1. The molecule has 1 N–H and O–H groups in total. The smallest absolute Gasteiger partial charge is 0.226 e. The van der Waals surface area contributed by atoms with E-state index in [0.717, 1.165) is 0 Å². The lowest BCUT2D eigenvalue weighted by molar-refractivity contribution is -0.139. The molecule has 8 heteroatoms. The van der Waals surface area contributed by atoms with Crippen LogP contribution in [0.1, 0.15) is 13.8 Å². The molecule has 0 saturated carbocycles. The number of fused-ring (bicyclic) bond motifs is 1. The highest BCUT2D eigenvalue weighted by Gasteiger charge is 2.33. The van der Waals surface area contributed by atoms with Gasteiger partial charge in [0.25, 0.3) is 0 Å². The molecule has 0 bridgehead atoms. The summed E-state index contributed by atoms with van der Waals surface area (Å²) in [5.74, 6) is 0.0757. The molecular formula is C12H16ClN5O2. The van der Waals surface area contributed by atoms with E-state index < -0.39 is 5.79 Å². The molecule has 1 aliphatic rings. The Hall–Kier alpha value is -1.44. The van der Waals surface area contributed by atoms with Gasteiger partial charge in [-0.05, 0) is 25.4 Å².